The molecule has 7 nitrogen and oxygen atoms in total. The molecule has 0 unspecified atom stereocenters. The molecule has 0 spiro atoms. The standard InChI is InChI=1S/C16H18N2O5S/c1-16(2)12(15(21)22)18-13(20)11(14(18)24-16)17-10(19)8-23-9-6-4-3-5-7-9/h3-7,11-12,14H,8H2,1-2H3,(H,17,19)(H,21,22)/t11-,12+,14+/m0/s1. The van der Waals surface area contributed by atoms with Gasteiger partial charge in [0, 0.05) is 4.75 Å². The van der Waals surface area contributed by atoms with E-state index in [4.69, 9.17) is 4.74 Å². The molecule has 2 aliphatic heterocycles. The average molecular weight is 350 g/mol. The van der Waals surface area contributed by atoms with E-state index in [9.17, 15) is 19.5 Å². The maximum atomic E-state index is 12.2. The summed E-state index contributed by atoms with van der Waals surface area (Å²) >= 11 is 1.39. The van der Waals surface area contributed by atoms with Gasteiger partial charge in [-0.05, 0) is 26.0 Å². The molecule has 128 valence electrons. The predicted molar refractivity (Wildman–Crippen MR) is 87.6 cm³/mol. The van der Waals surface area contributed by atoms with Gasteiger partial charge in [0.05, 0.1) is 0 Å². The summed E-state index contributed by atoms with van der Waals surface area (Å²) in [7, 11) is 0. The maximum Gasteiger partial charge on any atom is 0.327 e. The van der Waals surface area contributed by atoms with E-state index in [1.807, 2.05) is 6.07 Å². The van der Waals surface area contributed by atoms with E-state index in [1.165, 1.54) is 16.7 Å². The highest BCUT2D eigenvalue weighted by molar-refractivity contribution is 8.01. The van der Waals surface area contributed by atoms with Crippen molar-refractivity contribution in [1.29, 1.82) is 0 Å². The van der Waals surface area contributed by atoms with Crippen molar-refractivity contribution in [2.45, 2.75) is 36.1 Å². The number of hydrogen-bond acceptors (Lipinski definition) is 5. The van der Waals surface area contributed by atoms with Gasteiger partial charge in [0.15, 0.2) is 6.61 Å². The van der Waals surface area contributed by atoms with Crippen LogP contribution in [0.25, 0.3) is 0 Å². The van der Waals surface area contributed by atoms with Gasteiger partial charge in [0.2, 0.25) is 5.91 Å². The summed E-state index contributed by atoms with van der Waals surface area (Å²) in [5.41, 5.74) is 0. The van der Waals surface area contributed by atoms with Crippen LogP contribution in [0.3, 0.4) is 0 Å². The first-order valence-electron chi connectivity index (χ1n) is 7.51. The van der Waals surface area contributed by atoms with E-state index in [2.05, 4.69) is 5.32 Å². The van der Waals surface area contributed by atoms with Crippen molar-refractivity contribution in [3.8, 4) is 5.75 Å². The first-order valence-corrected chi connectivity index (χ1v) is 8.39. The number of carbonyl (C=O) groups is 3. The van der Waals surface area contributed by atoms with Crippen molar-refractivity contribution in [2.75, 3.05) is 6.61 Å². The second-order valence-electron chi connectivity index (χ2n) is 6.25. The molecule has 0 radical (unpaired) electrons. The number of β-lactam (4-membered cyclic amide) rings is 1. The minimum absolute atomic E-state index is 0.197. The van der Waals surface area contributed by atoms with Crippen molar-refractivity contribution in [1.82, 2.24) is 10.2 Å². The van der Waals surface area contributed by atoms with E-state index in [0.29, 0.717) is 5.75 Å². The topological polar surface area (TPSA) is 95.9 Å². The SMILES string of the molecule is CC1(C)S[C@@H]2[C@@H](NC(=O)COc3ccccc3)C(=O)N2[C@@H]1C(=O)O. The number of aliphatic carboxylic acids is 1. The Morgan fingerprint density at radius 2 is 2.00 bits per heavy atom. The molecule has 0 bridgehead atoms. The number of thioether (sulfide) groups is 1. The molecule has 2 heterocycles. The molecule has 2 aliphatic rings. The smallest absolute Gasteiger partial charge is 0.327 e. The van der Waals surface area contributed by atoms with Gasteiger partial charge in [-0.2, -0.15) is 0 Å². The molecule has 3 atom stereocenters. The van der Waals surface area contributed by atoms with Crippen LogP contribution in [-0.2, 0) is 14.4 Å². The normalized spacial score (nSPS) is 27.2. The van der Waals surface area contributed by atoms with Crippen LogP contribution in [0.2, 0.25) is 0 Å². The molecule has 8 heteroatoms. The lowest BCUT2D eigenvalue weighted by Crippen LogP contribution is -2.70. The molecule has 24 heavy (non-hydrogen) atoms. The Balaban J connectivity index is 1.59. The van der Waals surface area contributed by atoms with E-state index in [-0.39, 0.29) is 17.9 Å². The maximum absolute atomic E-state index is 12.2. The van der Waals surface area contributed by atoms with Gasteiger partial charge in [-0.3, -0.25) is 9.59 Å². The monoisotopic (exact) mass is 350 g/mol. The number of benzene rings is 1. The molecular weight excluding hydrogens is 332 g/mol. The molecule has 0 saturated carbocycles. The van der Waals surface area contributed by atoms with Crippen LogP contribution in [0.4, 0.5) is 0 Å². The zero-order valence-corrected chi connectivity index (χ0v) is 14.1. The quantitative estimate of drug-likeness (QED) is 0.759. The Labute approximate surface area is 143 Å². The molecule has 2 amide bonds. The zero-order chi connectivity index (χ0) is 17.5. The summed E-state index contributed by atoms with van der Waals surface area (Å²) in [6.07, 6.45) is 0. The highest BCUT2D eigenvalue weighted by atomic mass is 32.2. The van der Waals surface area contributed by atoms with Crippen LogP contribution in [0, 0.1) is 0 Å². The lowest BCUT2D eigenvalue weighted by molar-refractivity contribution is -0.161. The van der Waals surface area contributed by atoms with E-state index in [1.54, 1.807) is 38.1 Å². The van der Waals surface area contributed by atoms with Gasteiger partial charge >= 0.3 is 5.97 Å². The third-order valence-electron chi connectivity index (χ3n) is 4.10. The molecule has 2 saturated heterocycles. The minimum atomic E-state index is -1.03. The first kappa shape index (κ1) is 16.6. The molecular formula is C16H18N2O5S. The number of fused-ring (bicyclic) bond motifs is 1. The second-order valence-corrected chi connectivity index (χ2v) is 8.02. The Hall–Kier alpha value is -2.22. The molecule has 1 aromatic rings. The summed E-state index contributed by atoms with van der Waals surface area (Å²) in [6.45, 7) is 3.38. The van der Waals surface area contributed by atoms with Gasteiger partial charge in [0.25, 0.3) is 5.91 Å². The van der Waals surface area contributed by atoms with Crippen LogP contribution in [-0.4, -0.2) is 56.6 Å². The minimum Gasteiger partial charge on any atom is -0.484 e. The van der Waals surface area contributed by atoms with E-state index < -0.39 is 28.7 Å². The van der Waals surface area contributed by atoms with Crippen molar-refractivity contribution in [2.24, 2.45) is 0 Å². The summed E-state index contributed by atoms with van der Waals surface area (Å²) in [4.78, 5) is 37.0. The van der Waals surface area contributed by atoms with Gasteiger partial charge in [0.1, 0.15) is 23.2 Å². The van der Waals surface area contributed by atoms with Gasteiger partial charge < -0.3 is 20.1 Å². The fourth-order valence-corrected chi connectivity index (χ4v) is 4.65. The fourth-order valence-electron chi connectivity index (χ4n) is 3.03. The van der Waals surface area contributed by atoms with E-state index in [0.717, 1.165) is 0 Å². The third-order valence-corrected chi connectivity index (χ3v) is 5.68. The Morgan fingerprint density at radius 3 is 2.62 bits per heavy atom. The molecule has 2 N–H and O–H groups in total. The Morgan fingerprint density at radius 1 is 1.33 bits per heavy atom. The number of rotatable bonds is 5. The van der Waals surface area contributed by atoms with Gasteiger partial charge in [-0.25, -0.2) is 4.79 Å². The first-order chi connectivity index (χ1) is 11.3. The Kier molecular flexibility index (Phi) is 4.16. The summed E-state index contributed by atoms with van der Waals surface area (Å²) < 4.78 is 4.74. The molecule has 3 rings (SSSR count). The number of carbonyl (C=O) groups excluding carboxylic acids is 2. The summed E-state index contributed by atoms with van der Waals surface area (Å²) in [6, 6.07) is 7.31. The van der Waals surface area contributed by atoms with Gasteiger partial charge in [-0.1, -0.05) is 18.2 Å². The highest BCUT2D eigenvalue weighted by Gasteiger charge is 2.64. The van der Waals surface area contributed by atoms with E-state index >= 15 is 0 Å². The molecule has 1 aromatic carbocycles. The summed E-state index contributed by atoms with van der Waals surface area (Å²) in [5.74, 6) is -1.23. The van der Waals surface area contributed by atoms with Crippen molar-refractivity contribution in [3.05, 3.63) is 30.3 Å². The number of nitrogens with zero attached hydrogens (tertiary/aromatic N) is 1. The number of hydrogen-bond donors (Lipinski definition) is 2. The average Bonchev–Trinajstić information content (AvgIpc) is 2.80. The number of para-hydroxylation sites is 1. The van der Waals surface area contributed by atoms with Crippen molar-refractivity contribution >= 4 is 29.5 Å². The largest absolute Gasteiger partial charge is 0.484 e. The second kappa shape index (κ2) is 6.01. The van der Waals surface area contributed by atoms with Crippen LogP contribution in [0.5, 0.6) is 5.75 Å². The highest BCUT2D eigenvalue weighted by Crippen LogP contribution is 2.50. The number of amides is 2. The molecule has 0 aliphatic carbocycles. The van der Waals surface area contributed by atoms with Crippen LogP contribution < -0.4 is 10.1 Å². The number of carboxylic acid groups (broad SMARTS) is 1. The van der Waals surface area contributed by atoms with Crippen LogP contribution in [0.15, 0.2) is 30.3 Å². The van der Waals surface area contributed by atoms with Crippen LogP contribution in [0.1, 0.15) is 13.8 Å². The summed E-state index contributed by atoms with van der Waals surface area (Å²) in [5, 5.41) is 11.6. The van der Waals surface area contributed by atoms with Crippen molar-refractivity contribution < 1.29 is 24.2 Å². The number of ether oxygens (including phenoxy) is 1. The van der Waals surface area contributed by atoms with Crippen molar-refractivity contribution in [3.63, 3.8) is 0 Å². The predicted octanol–water partition coefficient (Wildman–Crippen LogP) is 0.697. The fraction of sp³-hybridized carbons (Fsp3) is 0.438. The number of carboxylic acids is 1. The molecule has 2 fully saturated rings. The lowest BCUT2D eigenvalue weighted by atomic mass is 9.96. The number of nitrogens with one attached hydrogen (secondary N) is 1. The van der Waals surface area contributed by atoms with Gasteiger partial charge in [-0.15, -0.1) is 11.8 Å². The molecule has 0 aromatic heterocycles. The lowest BCUT2D eigenvalue weighted by Gasteiger charge is -2.43. The Bertz CT molecular complexity index is 678. The third kappa shape index (κ3) is 2.82. The zero-order valence-electron chi connectivity index (χ0n) is 13.3. The van der Waals surface area contributed by atoms with Crippen LogP contribution >= 0.6 is 11.8 Å².